The third kappa shape index (κ3) is 3.92. The molecular formula is C25H22FN3O3S2. The van der Waals surface area contributed by atoms with Gasteiger partial charge in [-0.2, -0.15) is 9.57 Å². The number of hydrogen-bond donors (Lipinski definition) is 1. The van der Waals surface area contributed by atoms with Crippen molar-refractivity contribution in [3.8, 4) is 6.07 Å². The van der Waals surface area contributed by atoms with Crippen LogP contribution in [0.15, 0.2) is 53.4 Å². The smallest absolute Gasteiger partial charge is 0.247 e. The summed E-state index contributed by atoms with van der Waals surface area (Å²) in [4.78, 5) is 14.2. The van der Waals surface area contributed by atoms with Gasteiger partial charge < -0.3 is 5.32 Å². The van der Waals surface area contributed by atoms with Gasteiger partial charge in [-0.05, 0) is 60.9 Å². The van der Waals surface area contributed by atoms with Crippen LogP contribution in [0.1, 0.15) is 40.0 Å². The minimum absolute atomic E-state index is 0.0447. The van der Waals surface area contributed by atoms with Gasteiger partial charge in [0.2, 0.25) is 15.9 Å². The number of benzene rings is 2. The molecule has 5 rings (SSSR count). The van der Waals surface area contributed by atoms with Gasteiger partial charge in [0.25, 0.3) is 0 Å². The van der Waals surface area contributed by atoms with E-state index in [1.54, 1.807) is 0 Å². The zero-order valence-corrected chi connectivity index (χ0v) is 19.9. The Kier molecular flexibility index (Phi) is 5.98. The van der Waals surface area contributed by atoms with Crippen molar-refractivity contribution in [1.82, 2.24) is 4.31 Å². The highest BCUT2D eigenvalue weighted by Gasteiger charge is 2.41. The van der Waals surface area contributed by atoms with Gasteiger partial charge in [-0.25, -0.2) is 12.8 Å². The molecule has 0 radical (unpaired) electrons. The molecule has 0 saturated carbocycles. The second kappa shape index (κ2) is 8.95. The number of sulfonamides is 1. The number of hydrogen-bond acceptors (Lipinski definition) is 5. The summed E-state index contributed by atoms with van der Waals surface area (Å²) < 4.78 is 42.6. The first-order valence-electron chi connectivity index (χ1n) is 11.1. The zero-order valence-electron chi connectivity index (χ0n) is 18.3. The van der Waals surface area contributed by atoms with E-state index in [1.807, 2.05) is 24.3 Å². The number of carbonyl (C=O) groups excluding carboxylic acids is 1. The molecule has 9 heteroatoms. The lowest BCUT2D eigenvalue weighted by Crippen LogP contribution is -2.50. The molecule has 2 aliphatic rings. The van der Waals surface area contributed by atoms with Crippen molar-refractivity contribution in [2.75, 3.05) is 5.32 Å². The van der Waals surface area contributed by atoms with E-state index in [2.05, 4.69) is 11.4 Å². The van der Waals surface area contributed by atoms with E-state index in [0.717, 1.165) is 57.6 Å². The molecule has 1 amide bonds. The maximum atomic E-state index is 14.5. The fraction of sp³-hybridized carbons (Fsp3) is 0.280. The van der Waals surface area contributed by atoms with Crippen molar-refractivity contribution in [1.29, 1.82) is 5.26 Å². The van der Waals surface area contributed by atoms with Gasteiger partial charge in [0.05, 0.1) is 5.56 Å². The highest BCUT2D eigenvalue weighted by atomic mass is 32.2. The first-order chi connectivity index (χ1) is 16.4. The number of fused-ring (bicyclic) bond motifs is 2. The first-order valence-corrected chi connectivity index (χ1v) is 13.3. The molecule has 0 saturated heterocycles. The maximum absolute atomic E-state index is 14.5. The summed E-state index contributed by atoms with van der Waals surface area (Å²) in [5.41, 5.74) is 3.09. The van der Waals surface area contributed by atoms with E-state index < -0.39 is 32.7 Å². The van der Waals surface area contributed by atoms with Crippen LogP contribution in [0, 0.1) is 17.1 Å². The van der Waals surface area contributed by atoms with Gasteiger partial charge in [0, 0.05) is 11.4 Å². The minimum Gasteiger partial charge on any atom is -0.315 e. The molecule has 1 unspecified atom stereocenters. The van der Waals surface area contributed by atoms with Crippen LogP contribution in [0.5, 0.6) is 0 Å². The Morgan fingerprint density at radius 2 is 1.79 bits per heavy atom. The molecule has 34 heavy (non-hydrogen) atoms. The van der Waals surface area contributed by atoms with E-state index in [9.17, 15) is 22.9 Å². The van der Waals surface area contributed by atoms with Crippen molar-refractivity contribution in [3.63, 3.8) is 0 Å². The molecule has 1 aliphatic heterocycles. The molecule has 6 nitrogen and oxygen atoms in total. The van der Waals surface area contributed by atoms with Crippen molar-refractivity contribution >= 4 is 32.3 Å². The fourth-order valence-corrected chi connectivity index (χ4v) is 7.60. The summed E-state index contributed by atoms with van der Waals surface area (Å²) in [6.45, 7) is -0.0447. The maximum Gasteiger partial charge on any atom is 0.247 e. The second-order valence-electron chi connectivity index (χ2n) is 8.49. The Balaban J connectivity index is 1.53. The van der Waals surface area contributed by atoms with E-state index in [1.165, 1.54) is 29.5 Å². The molecular weight excluding hydrogens is 473 g/mol. The number of thiophene rings is 1. The largest absolute Gasteiger partial charge is 0.315 e. The lowest BCUT2D eigenvalue weighted by atomic mass is 9.95. The highest BCUT2D eigenvalue weighted by Crippen LogP contribution is 2.38. The molecule has 1 aromatic heterocycles. The standard InChI is InChI=1S/C25H22FN3O3S2/c26-20-10-4-6-12-23(20)34(31,32)29-15-17-8-2-1-7-16(17)13-21(29)24(30)28-25-19(14-27)18-9-3-5-11-22(18)33-25/h1-2,4,6-8,10,12,21H,3,5,9,11,13,15H2,(H,28,30). The van der Waals surface area contributed by atoms with Crippen LogP contribution >= 0.6 is 11.3 Å². The number of nitrogens with zero attached hydrogens (tertiary/aromatic N) is 2. The van der Waals surface area contributed by atoms with Crippen LogP contribution in [0.3, 0.4) is 0 Å². The molecule has 1 aliphatic carbocycles. The summed E-state index contributed by atoms with van der Waals surface area (Å²) in [7, 11) is -4.30. The topological polar surface area (TPSA) is 90.3 Å². The number of anilines is 1. The number of nitriles is 1. The van der Waals surface area contributed by atoms with Gasteiger partial charge >= 0.3 is 0 Å². The third-order valence-corrected chi connectivity index (χ3v) is 9.55. The molecule has 1 atom stereocenters. The first kappa shape index (κ1) is 22.7. The van der Waals surface area contributed by atoms with Crippen LogP contribution in [-0.4, -0.2) is 24.7 Å². The molecule has 0 spiro atoms. The number of aryl methyl sites for hydroxylation is 1. The molecule has 1 N–H and O–H groups in total. The second-order valence-corrected chi connectivity index (χ2v) is 11.4. The lowest BCUT2D eigenvalue weighted by Gasteiger charge is -2.35. The van der Waals surface area contributed by atoms with Crippen LogP contribution in [-0.2, 0) is 40.6 Å². The van der Waals surface area contributed by atoms with Crippen molar-refractivity contribution < 1.29 is 17.6 Å². The Morgan fingerprint density at radius 1 is 1.09 bits per heavy atom. The molecule has 2 heterocycles. The normalized spacial score (nSPS) is 17.9. The number of carbonyl (C=O) groups is 1. The molecule has 0 bridgehead atoms. The average molecular weight is 496 g/mol. The van der Waals surface area contributed by atoms with E-state index in [0.29, 0.717) is 10.6 Å². The van der Waals surface area contributed by atoms with Gasteiger partial charge in [0.15, 0.2) is 0 Å². The Morgan fingerprint density at radius 3 is 2.56 bits per heavy atom. The number of nitrogens with one attached hydrogen (secondary N) is 1. The summed E-state index contributed by atoms with van der Waals surface area (Å²) >= 11 is 1.39. The Bertz CT molecular complexity index is 1430. The highest BCUT2D eigenvalue weighted by molar-refractivity contribution is 7.89. The van der Waals surface area contributed by atoms with Crippen molar-refractivity contribution in [3.05, 3.63) is 81.5 Å². The number of amides is 1. The number of rotatable bonds is 4. The van der Waals surface area contributed by atoms with Gasteiger partial charge in [-0.3, -0.25) is 4.79 Å². The predicted octanol–water partition coefficient (Wildman–Crippen LogP) is 4.39. The monoisotopic (exact) mass is 495 g/mol. The van der Waals surface area contributed by atoms with Crippen molar-refractivity contribution in [2.24, 2.45) is 0 Å². The SMILES string of the molecule is N#Cc1c(NC(=O)C2Cc3ccccc3CN2S(=O)(=O)c2ccccc2F)sc2c1CCCC2. The van der Waals surface area contributed by atoms with Crippen LogP contribution in [0.4, 0.5) is 9.39 Å². The molecule has 0 fully saturated rings. The van der Waals surface area contributed by atoms with Crippen LogP contribution < -0.4 is 5.32 Å². The summed E-state index contributed by atoms with van der Waals surface area (Å²) in [6.07, 6.45) is 3.87. The van der Waals surface area contributed by atoms with Crippen LogP contribution in [0.2, 0.25) is 0 Å². The molecule has 2 aromatic carbocycles. The van der Waals surface area contributed by atoms with Gasteiger partial charge in [-0.15, -0.1) is 11.3 Å². The lowest BCUT2D eigenvalue weighted by molar-refractivity contribution is -0.120. The Hall–Kier alpha value is -3.06. The Labute approximate surface area is 201 Å². The van der Waals surface area contributed by atoms with E-state index >= 15 is 0 Å². The van der Waals surface area contributed by atoms with E-state index in [4.69, 9.17) is 0 Å². The van der Waals surface area contributed by atoms with Gasteiger partial charge in [0.1, 0.15) is 27.8 Å². The summed E-state index contributed by atoms with van der Waals surface area (Å²) in [5, 5.41) is 13.0. The quantitative estimate of drug-likeness (QED) is 0.581. The zero-order chi connectivity index (χ0) is 23.9. The predicted molar refractivity (Wildman–Crippen MR) is 127 cm³/mol. The molecule has 3 aromatic rings. The summed E-state index contributed by atoms with van der Waals surface area (Å²) in [5.74, 6) is -1.39. The summed E-state index contributed by atoms with van der Waals surface area (Å²) in [6, 6.07) is 13.7. The fourth-order valence-electron chi connectivity index (χ4n) is 4.72. The minimum atomic E-state index is -4.30. The average Bonchev–Trinajstić information content (AvgIpc) is 3.20. The third-order valence-electron chi connectivity index (χ3n) is 6.45. The van der Waals surface area contributed by atoms with E-state index in [-0.39, 0.29) is 13.0 Å². The molecule has 174 valence electrons. The van der Waals surface area contributed by atoms with Crippen LogP contribution in [0.25, 0.3) is 0 Å². The van der Waals surface area contributed by atoms with Crippen molar-refractivity contribution in [2.45, 2.75) is 49.6 Å². The van der Waals surface area contributed by atoms with Gasteiger partial charge in [-0.1, -0.05) is 36.4 Å². The number of halogens is 1.